The SMILES string of the molecule is CC1(C)O[C@@H](CO[Si](C)(C)C(C)(C)C)[C@@H](/C=N/O)O1. The van der Waals surface area contributed by atoms with Gasteiger partial charge in [-0.15, -0.1) is 0 Å². The van der Waals surface area contributed by atoms with Crippen molar-refractivity contribution >= 4 is 14.5 Å². The Morgan fingerprint density at radius 3 is 2.37 bits per heavy atom. The van der Waals surface area contributed by atoms with Crippen LogP contribution in [-0.2, 0) is 13.9 Å². The first-order valence-electron chi connectivity index (χ1n) is 6.66. The molecule has 5 nitrogen and oxygen atoms in total. The molecule has 6 heteroatoms. The summed E-state index contributed by atoms with van der Waals surface area (Å²) in [7, 11) is -1.81. The quantitative estimate of drug-likeness (QED) is 0.374. The second-order valence-corrected chi connectivity index (χ2v) is 11.8. The predicted molar refractivity (Wildman–Crippen MR) is 77.3 cm³/mol. The Bertz CT molecular complexity index is 336. The van der Waals surface area contributed by atoms with E-state index >= 15 is 0 Å². The average molecular weight is 289 g/mol. The van der Waals surface area contributed by atoms with Crippen LogP contribution in [0.2, 0.25) is 18.1 Å². The van der Waals surface area contributed by atoms with E-state index in [1.165, 1.54) is 6.21 Å². The molecule has 19 heavy (non-hydrogen) atoms. The van der Waals surface area contributed by atoms with Crippen molar-refractivity contribution in [2.45, 2.75) is 70.7 Å². The molecular weight excluding hydrogens is 262 g/mol. The lowest BCUT2D eigenvalue weighted by molar-refractivity contribution is -0.144. The second-order valence-electron chi connectivity index (χ2n) is 6.97. The predicted octanol–water partition coefficient (Wildman–Crippen LogP) is 2.99. The molecule has 0 aromatic carbocycles. The largest absolute Gasteiger partial charge is 0.414 e. The van der Waals surface area contributed by atoms with E-state index in [0.717, 1.165) is 0 Å². The van der Waals surface area contributed by atoms with E-state index in [1.807, 2.05) is 13.8 Å². The number of hydrogen-bond acceptors (Lipinski definition) is 5. The molecule has 112 valence electrons. The molecule has 1 fully saturated rings. The molecule has 2 atom stereocenters. The lowest BCUT2D eigenvalue weighted by atomic mass is 10.2. The van der Waals surface area contributed by atoms with Gasteiger partial charge >= 0.3 is 0 Å². The van der Waals surface area contributed by atoms with Crippen molar-refractivity contribution in [2.75, 3.05) is 6.61 Å². The van der Waals surface area contributed by atoms with Crippen molar-refractivity contribution in [1.82, 2.24) is 0 Å². The van der Waals surface area contributed by atoms with E-state index < -0.39 is 14.1 Å². The van der Waals surface area contributed by atoms with Gasteiger partial charge < -0.3 is 19.1 Å². The zero-order chi connectivity index (χ0) is 14.9. The smallest absolute Gasteiger partial charge is 0.192 e. The minimum Gasteiger partial charge on any atom is -0.414 e. The molecule has 1 N–H and O–H groups in total. The van der Waals surface area contributed by atoms with Crippen molar-refractivity contribution in [3.63, 3.8) is 0 Å². The molecule has 0 aromatic heterocycles. The number of oxime groups is 1. The van der Waals surface area contributed by atoms with Gasteiger partial charge in [0, 0.05) is 0 Å². The van der Waals surface area contributed by atoms with Gasteiger partial charge in [0.25, 0.3) is 0 Å². The Morgan fingerprint density at radius 1 is 1.32 bits per heavy atom. The monoisotopic (exact) mass is 289 g/mol. The summed E-state index contributed by atoms with van der Waals surface area (Å²) in [6, 6.07) is 0. The summed E-state index contributed by atoms with van der Waals surface area (Å²) in [4.78, 5) is 0. The Kier molecular flexibility index (Phi) is 4.82. The van der Waals surface area contributed by atoms with Crippen molar-refractivity contribution in [3.05, 3.63) is 0 Å². The average Bonchev–Trinajstić information content (AvgIpc) is 2.49. The lowest BCUT2D eigenvalue weighted by Crippen LogP contribution is -2.44. The Balaban J connectivity index is 2.66. The molecule has 1 saturated heterocycles. The standard InChI is InChI=1S/C13H27NO4Si/c1-12(2,3)19(6,7)16-9-11-10(8-14-15)17-13(4,5)18-11/h8,10-11,15H,9H2,1-7H3/b14-8+/t10-,11+/m1/s1. The second kappa shape index (κ2) is 5.52. The van der Waals surface area contributed by atoms with Gasteiger partial charge in [0.2, 0.25) is 0 Å². The van der Waals surface area contributed by atoms with Gasteiger partial charge in [-0.3, -0.25) is 0 Å². The lowest BCUT2D eigenvalue weighted by Gasteiger charge is -2.37. The number of nitrogens with zero attached hydrogens (tertiary/aromatic N) is 1. The summed E-state index contributed by atoms with van der Waals surface area (Å²) < 4.78 is 17.6. The van der Waals surface area contributed by atoms with Crippen LogP contribution in [-0.4, -0.2) is 44.3 Å². The van der Waals surface area contributed by atoms with Gasteiger partial charge in [0.05, 0.1) is 12.8 Å². The third kappa shape index (κ3) is 4.27. The van der Waals surface area contributed by atoms with Crippen molar-refractivity contribution in [1.29, 1.82) is 0 Å². The Morgan fingerprint density at radius 2 is 1.89 bits per heavy atom. The van der Waals surface area contributed by atoms with E-state index in [2.05, 4.69) is 39.0 Å². The van der Waals surface area contributed by atoms with Gasteiger partial charge in [0.1, 0.15) is 12.2 Å². The molecule has 0 aromatic rings. The van der Waals surface area contributed by atoms with E-state index in [0.29, 0.717) is 6.61 Å². The molecule has 0 saturated carbocycles. The molecule has 1 heterocycles. The van der Waals surface area contributed by atoms with Gasteiger partial charge in [-0.25, -0.2) is 0 Å². The third-order valence-corrected chi connectivity index (χ3v) is 8.35. The van der Waals surface area contributed by atoms with Crippen LogP contribution in [0, 0.1) is 0 Å². The summed E-state index contributed by atoms with van der Waals surface area (Å²) in [6.45, 7) is 15.1. The fraction of sp³-hybridized carbons (Fsp3) is 0.923. The summed E-state index contributed by atoms with van der Waals surface area (Å²) in [5.74, 6) is -0.673. The highest BCUT2D eigenvalue weighted by atomic mass is 28.4. The Hall–Kier alpha value is -0.433. The normalized spacial score (nSPS) is 28.2. The first-order valence-corrected chi connectivity index (χ1v) is 9.56. The molecule has 0 aliphatic carbocycles. The summed E-state index contributed by atoms with van der Waals surface area (Å²) in [6.07, 6.45) is 0.749. The van der Waals surface area contributed by atoms with Crippen LogP contribution >= 0.6 is 0 Å². The van der Waals surface area contributed by atoms with Crippen LogP contribution in [0.4, 0.5) is 0 Å². The van der Waals surface area contributed by atoms with Crippen LogP contribution in [0.5, 0.6) is 0 Å². The van der Waals surface area contributed by atoms with Gasteiger partial charge in [-0.2, -0.15) is 0 Å². The number of ether oxygens (including phenoxy) is 2. The maximum atomic E-state index is 8.67. The highest BCUT2D eigenvalue weighted by Crippen LogP contribution is 2.37. The highest BCUT2D eigenvalue weighted by molar-refractivity contribution is 6.74. The van der Waals surface area contributed by atoms with E-state index in [4.69, 9.17) is 19.1 Å². The minimum atomic E-state index is -1.81. The summed E-state index contributed by atoms with van der Waals surface area (Å²) in [5.41, 5.74) is 0. The first-order chi connectivity index (χ1) is 8.48. The molecular formula is C13H27NO4Si. The van der Waals surface area contributed by atoms with Crippen molar-refractivity contribution < 1.29 is 19.1 Å². The molecule has 0 bridgehead atoms. The van der Waals surface area contributed by atoms with E-state index in [-0.39, 0.29) is 17.2 Å². The summed E-state index contributed by atoms with van der Waals surface area (Å²) >= 11 is 0. The van der Waals surface area contributed by atoms with Gasteiger partial charge in [0.15, 0.2) is 14.1 Å². The molecule has 0 spiro atoms. The fourth-order valence-electron chi connectivity index (χ4n) is 1.69. The van der Waals surface area contributed by atoms with Crippen LogP contribution in [0.3, 0.4) is 0 Å². The van der Waals surface area contributed by atoms with Crippen molar-refractivity contribution in [2.24, 2.45) is 5.16 Å². The Labute approximate surface area is 117 Å². The summed E-state index contributed by atoms with van der Waals surface area (Å²) in [5, 5.41) is 11.9. The minimum absolute atomic E-state index is 0.155. The molecule has 0 radical (unpaired) electrons. The first kappa shape index (κ1) is 16.6. The van der Waals surface area contributed by atoms with E-state index in [9.17, 15) is 0 Å². The molecule has 1 aliphatic heterocycles. The number of rotatable bonds is 4. The van der Waals surface area contributed by atoms with Gasteiger partial charge in [-0.05, 0) is 32.0 Å². The molecule has 0 amide bonds. The third-order valence-electron chi connectivity index (χ3n) is 3.85. The van der Waals surface area contributed by atoms with Crippen molar-refractivity contribution in [3.8, 4) is 0 Å². The topological polar surface area (TPSA) is 60.3 Å². The van der Waals surface area contributed by atoms with Crippen LogP contribution in [0.15, 0.2) is 5.16 Å². The molecule has 1 aliphatic rings. The maximum Gasteiger partial charge on any atom is 0.192 e. The fourth-order valence-corrected chi connectivity index (χ4v) is 2.70. The number of hydrogen-bond donors (Lipinski definition) is 1. The van der Waals surface area contributed by atoms with Crippen LogP contribution < -0.4 is 0 Å². The highest BCUT2D eigenvalue weighted by Gasteiger charge is 2.43. The zero-order valence-corrected chi connectivity index (χ0v) is 14.1. The van der Waals surface area contributed by atoms with E-state index in [1.54, 1.807) is 0 Å². The van der Waals surface area contributed by atoms with Crippen LogP contribution in [0.1, 0.15) is 34.6 Å². The van der Waals surface area contributed by atoms with Gasteiger partial charge in [-0.1, -0.05) is 25.9 Å². The maximum absolute atomic E-state index is 8.67. The molecule has 0 unspecified atom stereocenters. The zero-order valence-electron chi connectivity index (χ0n) is 13.1. The molecule has 1 rings (SSSR count). The van der Waals surface area contributed by atoms with Crippen LogP contribution in [0.25, 0.3) is 0 Å².